The molecule has 5 heteroatoms. The van der Waals surface area contributed by atoms with Crippen LogP contribution in [0.15, 0.2) is 30.3 Å². The van der Waals surface area contributed by atoms with Gasteiger partial charge >= 0.3 is 0 Å². The van der Waals surface area contributed by atoms with Crippen molar-refractivity contribution in [2.45, 2.75) is 39.7 Å². The van der Waals surface area contributed by atoms with Crippen molar-refractivity contribution in [2.24, 2.45) is 7.05 Å². The molecule has 0 saturated carbocycles. The molecule has 0 aliphatic carbocycles. The van der Waals surface area contributed by atoms with Crippen molar-refractivity contribution in [3.8, 4) is 17.6 Å². The van der Waals surface area contributed by atoms with E-state index in [0.717, 1.165) is 36.3 Å². The summed E-state index contributed by atoms with van der Waals surface area (Å²) in [5.74, 6) is 6.66. The summed E-state index contributed by atoms with van der Waals surface area (Å²) in [7, 11) is 1.78. The van der Waals surface area contributed by atoms with Crippen LogP contribution in [-0.4, -0.2) is 22.3 Å². The van der Waals surface area contributed by atoms with Crippen molar-refractivity contribution in [1.29, 1.82) is 0 Å². The van der Waals surface area contributed by atoms with Crippen LogP contribution in [-0.2, 0) is 20.0 Å². The van der Waals surface area contributed by atoms with E-state index < -0.39 is 0 Å². The number of amides is 1. The quantitative estimate of drug-likeness (QED) is 0.789. The standard InChI is InChI=1S/C20H25N3O2/c1-4-6-7-8-12-25-18-11-9-10-16(13-18)15-21-20(24)19-14-17(5-2)22-23(19)3/h9-11,13-14H,4-6,12,15H2,1-3H3,(H,21,24). The van der Waals surface area contributed by atoms with Crippen molar-refractivity contribution < 1.29 is 9.53 Å². The van der Waals surface area contributed by atoms with E-state index in [1.54, 1.807) is 11.7 Å². The minimum Gasteiger partial charge on any atom is -0.481 e. The molecule has 1 aromatic heterocycles. The summed E-state index contributed by atoms with van der Waals surface area (Å²) in [6.45, 7) is 4.93. The number of carbonyl (C=O) groups excluding carboxylic acids is 1. The average molecular weight is 339 g/mol. The largest absolute Gasteiger partial charge is 0.481 e. The smallest absolute Gasteiger partial charge is 0.269 e. The summed E-state index contributed by atoms with van der Waals surface area (Å²) < 4.78 is 7.24. The molecule has 25 heavy (non-hydrogen) atoms. The minimum absolute atomic E-state index is 0.133. The van der Waals surface area contributed by atoms with Crippen LogP contribution >= 0.6 is 0 Å². The number of aryl methyl sites for hydroxylation is 2. The molecule has 0 aliphatic heterocycles. The van der Waals surface area contributed by atoms with Crippen molar-refractivity contribution in [3.63, 3.8) is 0 Å². The van der Waals surface area contributed by atoms with Crippen molar-refractivity contribution in [1.82, 2.24) is 15.1 Å². The lowest BCUT2D eigenvalue weighted by Crippen LogP contribution is -2.25. The van der Waals surface area contributed by atoms with E-state index in [4.69, 9.17) is 4.74 Å². The summed E-state index contributed by atoms with van der Waals surface area (Å²) >= 11 is 0. The van der Waals surface area contributed by atoms with E-state index >= 15 is 0 Å². The molecular formula is C20H25N3O2. The number of unbranched alkanes of at least 4 members (excludes halogenated alkanes) is 1. The van der Waals surface area contributed by atoms with Gasteiger partial charge in [-0.25, -0.2) is 0 Å². The minimum atomic E-state index is -0.133. The zero-order valence-electron chi connectivity index (χ0n) is 15.1. The van der Waals surface area contributed by atoms with Gasteiger partial charge in [-0.15, -0.1) is 0 Å². The third-order valence-electron chi connectivity index (χ3n) is 3.69. The number of hydrogen-bond acceptors (Lipinski definition) is 3. The number of nitrogens with zero attached hydrogens (tertiary/aromatic N) is 2. The molecule has 2 rings (SSSR count). The maximum atomic E-state index is 12.3. The second-order valence-electron chi connectivity index (χ2n) is 5.72. The fourth-order valence-electron chi connectivity index (χ4n) is 2.31. The molecule has 1 N–H and O–H groups in total. The Labute approximate surface area is 149 Å². The second kappa shape index (κ2) is 9.53. The van der Waals surface area contributed by atoms with Crippen LogP contribution in [0.4, 0.5) is 0 Å². The van der Waals surface area contributed by atoms with Gasteiger partial charge in [0.15, 0.2) is 0 Å². The lowest BCUT2D eigenvalue weighted by atomic mass is 10.2. The first kappa shape index (κ1) is 18.6. The molecule has 5 nitrogen and oxygen atoms in total. The summed E-state index contributed by atoms with van der Waals surface area (Å²) in [6, 6.07) is 9.50. The maximum absolute atomic E-state index is 12.3. The lowest BCUT2D eigenvalue weighted by Gasteiger charge is -2.07. The third-order valence-corrected chi connectivity index (χ3v) is 3.69. The Morgan fingerprint density at radius 2 is 2.12 bits per heavy atom. The highest BCUT2D eigenvalue weighted by Gasteiger charge is 2.12. The molecule has 0 unspecified atom stereocenters. The van der Waals surface area contributed by atoms with Gasteiger partial charge in [0.05, 0.1) is 5.69 Å². The Bertz CT molecular complexity index is 769. The molecule has 1 amide bonds. The monoisotopic (exact) mass is 339 g/mol. The van der Waals surface area contributed by atoms with E-state index in [0.29, 0.717) is 18.8 Å². The highest BCUT2D eigenvalue weighted by Crippen LogP contribution is 2.13. The first-order valence-corrected chi connectivity index (χ1v) is 8.62. The topological polar surface area (TPSA) is 56.1 Å². The van der Waals surface area contributed by atoms with E-state index in [2.05, 4.69) is 29.2 Å². The van der Waals surface area contributed by atoms with Crippen LogP contribution in [0.1, 0.15) is 48.4 Å². The third kappa shape index (κ3) is 5.68. The summed E-state index contributed by atoms with van der Waals surface area (Å²) in [6.07, 6.45) is 2.75. The molecule has 0 atom stereocenters. The van der Waals surface area contributed by atoms with E-state index in [-0.39, 0.29) is 5.91 Å². The molecular weight excluding hydrogens is 314 g/mol. The Morgan fingerprint density at radius 3 is 2.84 bits per heavy atom. The molecule has 0 saturated heterocycles. The Hall–Kier alpha value is -2.74. The molecule has 132 valence electrons. The molecule has 2 aromatic rings. The maximum Gasteiger partial charge on any atom is 0.269 e. The predicted octanol–water partition coefficient (Wildman–Crippen LogP) is 3.09. The van der Waals surface area contributed by atoms with Crippen LogP contribution < -0.4 is 10.1 Å². The van der Waals surface area contributed by atoms with Crippen LogP contribution in [0.3, 0.4) is 0 Å². The van der Waals surface area contributed by atoms with Gasteiger partial charge in [-0.2, -0.15) is 5.10 Å². The number of ether oxygens (including phenoxy) is 1. The first-order valence-electron chi connectivity index (χ1n) is 8.62. The summed E-state index contributed by atoms with van der Waals surface area (Å²) in [5, 5.41) is 7.22. The van der Waals surface area contributed by atoms with Gasteiger partial charge < -0.3 is 10.1 Å². The fraction of sp³-hybridized carbons (Fsp3) is 0.400. The molecule has 0 radical (unpaired) electrons. The van der Waals surface area contributed by atoms with E-state index in [9.17, 15) is 4.79 Å². The van der Waals surface area contributed by atoms with Crippen LogP contribution in [0.25, 0.3) is 0 Å². The number of carbonyl (C=O) groups is 1. The number of aromatic nitrogens is 2. The van der Waals surface area contributed by atoms with Gasteiger partial charge in [-0.05, 0) is 36.6 Å². The van der Waals surface area contributed by atoms with Crippen LogP contribution in [0, 0.1) is 11.8 Å². The van der Waals surface area contributed by atoms with Gasteiger partial charge in [-0.3, -0.25) is 9.48 Å². The van der Waals surface area contributed by atoms with Gasteiger partial charge in [0.1, 0.15) is 18.1 Å². The predicted molar refractivity (Wildman–Crippen MR) is 98.4 cm³/mol. The zero-order chi connectivity index (χ0) is 18.1. The van der Waals surface area contributed by atoms with Crippen molar-refractivity contribution >= 4 is 5.91 Å². The fourth-order valence-corrected chi connectivity index (χ4v) is 2.31. The van der Waals surface area contributed by atoms with Gasteiger partial charge in [0.25, 0.3) is 5.91 Å². The summed E-state index contributed by atoms with van der Waals surface area (Å²) in [4.78, 5) is 12.3. The molecule has 1 aromatic carbocycles. The van der Waals surface area contributed by atoms with Crippen LogP contribution in [0.5, 0.6) is 5.75 Å². The highest BCUT2D eigenvalue weighted by atomic mass is 16.5. The SMILES string of the molecule is CCCC#CCOc1cccc(CNC(=O)c2cc(CC)nn2C)c1. The highest BCUT2D eigenvalue weighted by molar-refractivity contribution is 5.92. The number of benzene rings is 1. The number of nitrogens with one attached hydrogen (secondary N) is 1. The number of rotatable bonds is 7. The first-order chi connectivity index (χ1) is 12.1. The Balaban J connectivity index is 1.90. The normalized spacial score (nSPS) is 10.0. The van der Waals surface area contributed by atoms with Crippen molar-refractivity contribution in [2.75, 3.05) is 6.61 Å². The average Bonchev–Trinajstić information content (AvgIpc) is 3.01. The van der Waals surface area contributed by atoms with Gasteiger partial charge in [-0.1, -0.05) is 37.8 Å². The zero-order valence-corrected chi connectivity index (χ0v) is 15.1. The molecule has 0 bridgehead atoms. The molecule has 0 fully saturated rings. The molecule has 0 spiro atoms. The summed E-state index contributed by atoms with van der Waals surface area (Å²) in [5.41, 5.74) is 2.45. The van der Waals surface area contributed by atoms with E-state index in [1.807, 2.05) is 37.3 Å². The Kier molecular flexibility index (Phi) is 7.09. The van der Waals surface area contributed by atoms with Crippen molar-refractivity contribution in [3.05, 3.63) is 47.3 Å². The number of hydrogen-bond donors (Lipinski definition) is 1. The van der Waals surface area contributed by atoms with Gasteiger partial charge in [0, 0.05) is 20.0 Å². The second-order valence-corrected chi connectivity index (χ2v) is 5.72. The lowest BCUT2D eigenvalue weighted by molar-refractivity contribution is 0.0941. The molecule has 0 aliphatic rings. The van der Waals surface area contributed by atoms with Crippen LogP contribution in [0.2, 0.25) is 0 Å². The molecule has 1 heterocycles. The van der Waals surface area contributed by atoms with Gasteiger partial charge in [0.2, 0.25) is 0 Å². The van der Waals surface area contributed by atoms with E-state index in [1.165, 1.54) is 0 Å². The Morgan fingerprint density at radius 1 is 1.28 bits per heavy atom.